The largest absolute Gasteiger partial charge is 0.309 e. The van der Waals surface area contributed by atoms with Crippen LogP contribution in [-0.2, 0) is 9.59 Å². The van der Waals surface area contributed by atoms with E-state index in [-0.39, 0.29) is 22.6 Å². The maximum absolute atomic E-state index is 13.8. The molecule has 2 rings (SSSR count). The first-order valence-electron chi connectivity index (χ1n) is 5.86. The highest BCUT2D eigenvalue weighted by molar-refractivity contribution is 8.13. The topological polar surface area (TPSA) is 37.4 Å². The number of hydrogen-bond acceptors (Lipinski definition) is 3. The van der Waals surface area contributed by atoms with Crippen molar-refractivity contribution in [3.63, 3.8) is 0 Å². The van der Waals surface area contributed by atoms with Gasteiger partial charge in [0.25, 0.3) is 0 Å². The van der Waals surface area contributed by atoms with Crippen LogP contribution in [0.5, 0.6) is 0 Å². The summed E-state index contributed by atoms with van der Waals surface area (Å²) in [6, 6.07) is 4.27. The molecule has 102 valence electrons. The van der Waals surface area contributed by atoms with Crippen LogP contribution >= 0.6 is 23.4 Å². The lowest BCUT2D eigenvalue weighted by atomic mass is 10.1. The normalized spacial score (nSPS) is 19.0. The third-order valence-electron chi connectivity index (χ3n) is 2.93. The highest BCUT2D eigenvalue weighted by Crippen LogP contribution is 2.30. The summed E-state index contributed by atoms with van der Waals surface area (Å²) >= 11 is 6.89. The Hall–Kier alpha value is -1.07. The van der Waals surface area contributed by atoms with Gasteiger partial charge in [0.1, 0.15) is 5.82 Å². The molecule has 19 heavy (non-hydrogen) atoms. The second-order valence-corrected chi connectivity index (χ2v) is 6.11. The molecule has 0 N–H and O–H groups in total. The van der Waals surface area contributed by atoms with Gasteiger partial charge in [-0.05, 0) is 24.1 Å². The Morgan fingerprint density at radius 2 is 2.32 bits per heavy atom. The van der Waals surface area contributed by atoms with Gasteiger partial charge < -0.3 is 4.90 Å². The zero-order valence-corrected chi connectivity index (χ0v) is 11.9. The molecule has 0 bridgehead atoms. The SMILES string of the molecule is CC(=O)SCC1CC(=O)N(c2ccc(Cl)cc2F)C1. The van der Waals surface area contributed by atoms with Gasteiger partial charge in [-0.25, -0.2) is 4.39 Å². The molecular formula is C13H13ClFNO2S. The lowest BCUT2D eigenvalue weighted by Crippen LogP contribution is -2.25. The standard InChI is InChI=1S/C13H13ClFNO2S/c1-8(17)19-7-9-4-13(18)16(6-9)12-3-2-10(14)5-11(12)15/h2-3,5,9H,4,6-7H2,1H3. The van der Waals surface area contributed by atoms with Crippen LogP contribution in [-0.4, -0.2) is 23.3 Å². The van der Waals surface area contributed by atoms with E-state index in [1.165, 1.54) is 35.7 Å². The molecule has 1 aromatic carbocycles. The molecule has 1 atom stereocenters. The molecule has 1 saturated heterocycles. The van der Waals surface area contributed by atoms with Crippen LogP contribution in [0.25, 0.3) is 0 Å². The summed E-state index contributed by atoms with van der Waals surface area (Å²) in [5.74, 6) is 0.0554. The molecule has 0 spiro atoms. The molecule has 3 nitrogen and oxygen atoms in total. The van der Waals surface area contributed by atoms with E-state index >= 15 is 0 Å². The summed E-state index contributed by atoms with van der Waals surface area (Å²) in [6.45, 7) is 1.94. The molecule has 0 radical (unpaired) electrons. The minimum atomic E-state index is -0.499. The fourth-order valence-corrected chi connectivity index (χ4v) is 2.91. The van der Waals surface area contributed by atoms with Crippen LogP contribution in [0.4, 0.5) is 10.1 Å². The number of carbonyl (C=O) groups excluding carboxylic acids is 2. The Bertz CT molecular complexity index is 523. The quantitative estimate of drug-likeness (QED) is 0.861. The van der Waals surface area contributed by atoms with Crippen molar-refractivity contribution in [3.05, 3.63) is 29.0 Å². The van der Waals surface area contributed by atoms with Gasteiger partial charge in [0.2, 0.25) is 5.91 Å². The van der Waals surface area contributed by atoms with Crippen molar-refractivity contribution < 1.29 is 14.0 Å². The average Bonchev–Trinajstić information content (AvgIpc) is 2.68. The number of benzene rings is 1. The van der Waals surface area contributed by atoms with E-state index in [0.29, 0.717) is 23.7 Å². The van der Waals surface area contributed by atoms with E-state index in [4.69, 9.17) is 11.6 Å². The van der Waals surface area contributed by atoms with Crippen LogP contribution < -0.4 is 4.90 Å². The molecule has 0 aromatic heterocycles. The molecule has 1 fully saturated rings. The van der Waals surface area contributed by atoms with E-state index in [0.717, 1.165) is 0 Å². The predicted octanol–water partition coefficient (Wildman–Crippen LogP) is 3.11. The molecule has 1 aliphatic rings. The summed E-state index contributed by atoms with van der Waals surface area (Å²) in [6.07, 6.45) is 0.350. The number of amides is 1. The van der Waals surface area contributed by atoms with Crippen LogP contribution in [0.3, 0.4) is 0 Å². The molecule has 6 heteroatoms. The predicted molar refractivity (Wildman–Crippen MR) is 75.0 cm³/mol. The van der Waals surface area contributed by atoms with Crippen LogP contribution in [0.15, 0.2) is 18.2 Å². The van der Waals surface area contributed by atoms with E-state index in [1.54, 1.807) is 6.07 Å². The Balaban J connectivity index is 2.09. The average molecular weight is 302 g/mol. The smallest absolute Gasteiger partial charge is 0.227 e. The lowest BCUT2D eigenvalue weighted by molar-refractivity contribution is -0.117. The second-order valence-electron chi connectivity index (χ2n) is 4.47. The fourth-order valence-electron chi connectivity index (χ4n) is 2.06. The number of thioether (sulfide) groups is 1. The van der Waals surface area contributed by atoms with Crippen molar-refractivity contribution in [1.82, 2.24) is 0 Å². The van der Waals surface area contributed by atoms with Crippen molar-refractivity contribution in [2.24, 2.45) is 5.92 Å². The number of hydrogen-bond donors (Lipinski definition) is 0. The summed E-state index contributed by atoms with van der Waals surface area (Å²) in [4.78, 5) is 24.2. The summed E-state index contributed by atoms with van der Waals surface area (Å²) in [5.41, 5.74) is 0.254. The number of halogens is 2. The number of carbonyl (C=O) groups is 2. The Kier molecular flexibility index (Phi) is 4.47. The molecule has 0 saturated carbocycles. The number of anilines is 1. The van der Waals surface area contributed by atoms with Gasteiger partial charge in [-0.2, -0.15) is 0 Å². The molecule has 0 aliphatic carbocycles. The van der Waals surface area contributed by atoms with Crippen molar-refractivity contribution in [2.75, 3.05) is 17.2 Å². The maximum atomic E-state index is 13.8. The third-order valence-corrected chi connectivity index (χ3v) is 4.21. The van der Waals surface area contributed by atoms with Gasteiger partial charge in [-0.3, -0.25) is 9.59 Å². The maximum Gasteiger partial charge on any atom is 0.227 e. The van der Waals surface area contributed by atoms with Crippen LogP contribution in [0.1, 0.15) is 13.3 Å². The van der Waals surface area contributed by atoms with E-state index in [1.807, 2.05) is 0 Å². The van der Waals surface area contributed by atoms with Gasteiger partial charge in [-0.15, -0.1) is 0 Å². The van der Waals surface area contributed by atoms with Crippen molar-refractivity contribution in [1.29, 1.82) is 0 Å². The molecule has 1 amide bonds. The van der Waals surface area contributed by atoms with Crippen molar-refractivity contribution in [3.8, 4) is 0 Å². The summed E-state index contributed by atoms with van der Waals surface area (Å²) in [7, 11) is 0. The molecule has 1 aliphatic heterocycles. The molecular weight excluding hydrogens is 289 g/mol. The summed E-state index contributed by atoms with van der Waals surface area (Å²) in [5, 5.41) is 0.333. The van der Waals surface area contributed by atoms with Crippen molar-refractivity contribution >= 4 is 40.1 Å². The zero-order chi connectivity index (χ0) is 14.0. The minimum absolute atomic E-state index is 0.0311. The minimum Gasteiger partial charge on any atom is -0.309 e. The van der Waals surface area contributed by atoms with Crippen molar-refractivity contribution in [2.45, 2.75) is 13.3 Å². The summed E-state index contributed by atoms with van der Waals surface area (Å²) < 4.78 is 13.8. The molecule has 1 aromatic rings. The zero-order valence-electron chi connectivity index (χ0n) is 10.4. The Labute approximate surface area is 120 Å². The molecule has 1 unspecified atom stereocenters. The monoisotopic (exact) mass is 301 g/mol. The van der Waals surface area contributed by atoms with Gasteiger partial charge >= 0.3 is 0 Å². The van der Waals surface area contributed by atoms with Crippen LogP contribution in [0.2, 0.25) is 5.02 Å². The first-order chi connectivity index (χ1) is 8.97. The Morgan fingerprint density at radius 1 is 1.58 bits per heavy atom. The number of rotatable bonds is 3. The van der Waals surface area contributed by atoms with E-state index < -0.39 is 5.82 Å². The highest BCUT2D eigenvalue weighted by Gasteiger charge is 2.32. The second kappa shape index (κ2) is 5.92. The third kappa shape index (κ3) is 3.48. The van der Waals surface area contributed by atoms with Crippen LogP contribution in [0, 0.1) is 11.7 Å². The first-order valence-corrected chi connectivity index (χ1v) is 7.22. The van der Waals surface area contributed by atoms with Gasteiger partial charge in [0.15, 0.2) is 5.12 Å². The molecule has 1 heterocycles. The van der Waals surface area contributed by atoms with Gasteiger partial charge in [0.05, 0.1) is 5.69 Å². The van der Waals surface area contributed by atoms with Gasteiger partial charge in [0, 0.05) is 30.7 Å². The first kappa shape index (κ1) is 14.3. The lowest BCUT2D eigenvalue weighted by Gasteiger charge is -2.17. The highest BCUT2D eigenvalue weighted by atomic mass is 35.5. The van der Waals surface area contributed by atoms with Gasteiger partial charge in [-0.1, -0.05) is 23.4 Å². The Morgan fingerprint density at radius 3 is 2.95 bits per heavy atom. The number of nitrogens with zero attached hydrogens (tertiary/aromatic N) is 1. The van der Waals surface area contributed by atoms with E-state index in [2.05, 4.69) is 0 Å². The fraction of sp³-hybridized carbons (Fsp3) is 0.385. The van der Waals surface area contributed by atoms with E-state index in [9.17, 15) is 14.0 Å².